The Hall–Kier alpha value is -1.49. The van der Waals surface area contributed by atoms with Gasteiger partial charge in [0.1, 0.15) is 16.6 Å². The lowest BCUT2D eigenvalue weighted by atomic mass is 10.2. The van der Waals surface area contributed by atoms with Crippen molar-refractivity contribution in [3.05, 3.63) is 21.0 Å². The van der Waals surface area contributed by atoms with E-state index in [4.69, 9.17) is 6.42 Å². The van der Waals surface area contributed by atoms with Gasteiger partial charge in [-0.25, -0.2) is 4.68 Å². The Kier molecular flexibility index (Phi) is 3.34. The molecule has 1 aromatic heterocycles. The van der Waals surface area contributed by atoms with Gasteiger partial charge in [0, 0.05) is 0 Å². The SMILES string of the molecule is C#CCn1ncc(NC2(C(F)(F)F)CC2)c(Br)c1=O. The number of nitrogens with one attached hydrogen (secondary N) is 1. The zero-order valence-electron chi connectivity index (χ0n) is 9.59. The van der Waals surface area contributed by atoms with Crippen molar-refractivity contribution in [2.75, 3.05) is 5.32 Å². The van der Waals surface area contributed by atoms with Crippen LogP contribution < -0.4 is 10.9 Å². The molecule has 1 heterocycles. The van der Waals surface area contributed by atoms with E-state index in [1.807, 2.05) is 0 Å². The van der Waals surface area contributed by atoms with Crippen LogP contribution in [0.2, 0.25) is 0 Å². The normalized spacial score (nSPS) is 16.8. The van der Waals surface area contributed by atoms with Crippen molar-refractivity contribution in [1.29, 1.82) is 0 Å². The van der Waals surface area contributed by atoms with Gasteiger partial charge in [0.05, 0.1) is 11.9 Å². The molecule has 0 radical (unpaired) electrons. The first kappa shape index (κ1) is 13.9. The van der Waals surface area contributed by atoms with Gasteiger partial charge in [0.15, 0.2) is 0 Å². The number of aromatic nitrogens is 2. The minimum absolute atomic E-state index is 0.00623. The van der Waals surface area contributed by atoms with Gasteiger partial charge in [-0.05, 0) is 28.8 Å². The van der Waals surface area contributed by atoms with Gasteiger partial charge in [-0.1, -0.05) is 5.92 Å². The smallest absolute Gasteiger partial charge is 0.369 e. The van der Waals surface area contributed by atoms with Crippen molar-refractivity contribution < 1.29 is 13.2 Å². The van der Waals surface area contributed by atoms with E-state index in [0.717, 1.165) is 10.9 Å². The molecule has 0 amide bonds. The van der Waals surface area contributed by atoms with Gasteiger partial charge in [-0.2, -0.15) is 18.3 Å². The van der Waals surface area contributed by atoms with Crippen molar-refractivity contribution >= 4 is 21.6 Å². The van der Waals surface area contributed by atoms with Crippen LogP contribution in [-0.4, -0.2) is 21.5 Å². The number of alkyl halides is 3. The Balaban J connectivity index is 2.31. The van der Waals surface area contributed by atoms with Gasteiger partial charge in [0.2, 0.25) is 0 Å². The number of halogens is 4. The number of terminal acetylenes is 1. The lowest BCUT2D eigenvalue weighted by Crippen LogP contribution is -2.39. The second-order valence-electron chi connectivity index (χ2n) is 4.24. The number of nitrogens with zero attached hydrogens (tertiary/aromatic N) is 2. The summed E-state index contributed by atoms with van der Waals surface area (Å²) in [4.78, 5) is 11.8. The summed E-state index contributed by atoms with van der Waals surface area (Å²) in [5.41, 5.74) is -2.49. The number of rotatable bonds is 3. The van der Waals surface area contributed by atoms with Crippen molar-refractivity contribution in [3.63, 3.8) is 0 Å². The Labute approximate surface area is 115 Å². The molecule has 1 aliphatic carbocycles. The molecule has 1 aliphatic rings. The van der Waals surface area contributed by atoms with E-state index in [-0.39, 0.29) is 29.5 Å². The molecule has 0 unspecified atom stereocenters. The number of hydrogen-bond acceptors (Lipinski definition) is 3. The summed E-state index contributed by atoms with van der Waals surface area (Å²) in [5, 5.41) is 6.07. The summed E-state index contributed by atoms with van der Waals surface area (Å²) in [6.45, 7) is -0.0396. The molecule has 1 aromatic rings. The van der Waals surface area contributed by atoms with E-state index < -0.39 is 17.3 Å². The Morgan fingerprint density at radius 3 is 2.68 bits per heavy atom. The molecular weight excluding hydrogens is 327 g/mol. The molecule has 4 nitrogen and oxygen atoms in total. The first-order valence-corrected chi connectivity index (χ1v) is 6.14. The molecule has 8 heteroatoms. The summed E-state index contributed by atoms with van der Waals surface area (Å²) in [6.07, 6.45) is 1.82. The summed E-state index contributed by atoms with van der Waals surface area (Å²) in [7, 11) is 0. The fourth-order valence-corrected chi connectivity index (χ4v) is 2.02. The third kappa shape index (κ3) is 2.47. The van der Waals surface area contributed by atoms with E-state index in [2.05, 4.69) is 32.3 Å². The zero-order valence-corrected chi connectivity index (χ0v) is 11.2. The van der Waals surface area contributed by atoms with Crippen LogP contribution in [0.5, 0.6) is 0 Å². The maximum Gasteiger partial charge on any atom is 0.411 e. The van der Waals surface area contributed by atoms with Crippen molar-refractivity contribution in [3.8, 4) is 12.3 Å². The number of anilines is 1. The van der Waals surface area contributed by atoms with Crippen LogP contribution in [0.4, 0.5) is 18.9 Å². The minimum Gasteiger partial charge on any atom is -0.369 e. The molecule has 0 spiro atoms. The van der Waals surface area contributed by atoms with E-state index in [1.165, 1.54) is 0 Å². The van der Waals surface area contributed by atoms with Crippen LogP contribution in [0.3, 0.4) is 0 Å². The van der Waals surface area contributed by atoms with Crippen molar-refractivity contribution in [2.45, 2.75) is 31.1 Å². The summed E-state index contributed by atoms with van der Waals surface area (Å²) < 4.78 is 39.4. The molecule has 1 saturated carbocycles. The quantitative estimate of drug-likeness (QED) is 0.861. The number of hydrogen-bond donors (Lipinski definition) is 1. The fourth-order valence-electron chi connectivity index (χ4n) is 1.61. The van der Waals surface area contributed by atoms with E-state index in [9.17, 15) is 18.0 Å². The van der Waals surface area contributed by atoms with Crippen LogP contribution in [0.25, 0.3) is 0 Å². The first-order chi connectivity index (χ1) is 8.81. The molecule has 102 valence electrons. The Bertz CT molecular complexity index is 599. The predicted molar refractivity (Wildman–Crippen MR) is 66.7 cm³/mol. The largest absolute Gasteiger partial charge is 0.411 e. The molecule has 19 heavy (non-hydrogen) atoms. The van der Waals surface area contributed by atoms with Gasteiger partial charge < -0.3 is 5.32 Å². The molecule has 0 saturated heterocycles. The lowest BCUT2D eigenvalue weighted by Gasteiger charge is -2.22. The highest BCUT2D eigenvalue weighted by molar-refractivity contribution is 9.10. The van der Waals surface area contributed by atoms with Gasteiger partial charge in [-0.15, -0.1) is 6.42 Å². The van der Waals surface area contributed by atoms with Gasteiger partial charge in [0.25, 0.3) is 5.56 Å². The molecule has 1 N–H and O–H groups in total. The van der Waals surface area contributed by atoms with Crippen molar-refractivity contribution in [2.24, 2.45) is 0 Å². The van der Waals surface area contributed by atoms with Gasteiger partial charge in [-0.3, -0.25) is 4.79 Å². The maximum atomic E-state index is 12.8. The molecule has 0 atom stereocenters. The highest BCUT2D eigenvalue weighted by Crippen LogP contribution is 2.51. The fraction of sp³-hybridized carbons (Fsp3) is 0.455. The highest BCUT2D eigenvalue weighted by Gasteiger charge is 2.63. The predicted octanol–water partition coefficient (Wildman–Crippen LogP) is 2.15. The van der Waals surface area contributed by atoms with E-state index >= 15 is 0 Å². The second-order valence-corrected chi connectivity index (χ2v) is 5.04. The molecule has 1 fully saturated rings. The molecule has 0 bridgehead atoms. The van der Waals surface area contributed by atoms with Crippen molar-refractivity contribution in [1.82, 2.24) is 9.78 Å². The average molecular weight is 336 g/mol. The van der Waals surface area contributed by atoms with E-state index in [0.29, 0.717) is 0 Å². The standard InChI is InChI=1S/C11H9BrF3N3O/c1-2-5-18-9(19)8(12)7(6-16-18)17-10(3-4-10)11(13,14)15/h1,6,17H,3-5H2. The van der Waals surface area contributed by atoms with Crippen LogP contribution in [-0.2, 0) is 6.54 Å². The summed E-state index contributed by atoms with van der Waals surface area (Å²) in [5.74, 6) is 2.24. The molecule has 2 rings (SSSR count). The van der Waals surface area contributed by atoms with Crippen LogP contribution in [0.15, 0.2) is 15.5 Å². The van der Waals surface area contributed by atoms with Gasteiger partial charge >= 0.3 is 6.18 Å². The van der Waals surface area contributed by atoms with Crippen LogP contribution in [0, 0.1) is 12.3 Å². The monoisotopic (exact) mass is 335 g/mol. The maximum absolute atomic E-state index is 12.8. The average Bonchev–Trinajstić information content (AvgIpc) is 3.09. The second kappa shape index (κ2) is 4.56. The third-order valence-electron chi connectivity index (χ3n) is 2.89. The Morgan fingerprint density at radius 2 is 2.21 bits per heavy atom. The summed E-state index contributed by atoms with van der Waals surface area (Å²) >= 11 is 2.98. The molecule has 0 aromatic carbocycles. The Morgan fingerprint density at radius 1 is 1.58 bits per heavy atom. The lowest BCUT2D eigenvalue weighted by molar-refractivity contribution is -0.151. The first-order valence-electron chi connectivity index (χ1n) is 5.35. The summed E-state index contributed by atoms with van der Waals surface area (Å²) in [6, 6.07) is 0. The molecule has 0 aliphatic heterocycles. The molecular formula is C11H9BrF3N3O. The highest BCUT2D eigenvalue weighted by atomic mass is 79.9. The van der Waals surface area contributed by atoms with E-state index in [1.54, 1.807) is 0 Å². The van der Waals surface area contributed by atoms with Crippen LogP contribution in [0.1, 0.15) is 12.8 Å². The van der Waals surface area contributed by atoms with Crippen LogP contribution >= 0.6 is 15.9 Å². The topological polar surface area (TPSA) is 46.9 Å². The zero-order chi connectivity index (χ0) is 14.3. The minimum atomic E-state index is -4.36. The third-order valence-corrected chi connectivity index (χ3v) is 3.66.